The first-order chi connectivity index (χ1) is 15.1. The number of likely N-dealkylation sites (tertiary alicyclic amines) is 1. The number of carbonyl (C=O) groups is 2. The number of allylic oxidation sites excluding steroid dienone is 2. The number of rotatable bonds is 6. The second-order valence-corrected chi connectivity index (χ2v) is 8.49. The van der Waals surface area contributed by atoms with Gasteiger partial charge in [0.05, 0.1) is 0 Å². The van der Waals surface area contributed by atoms with E-state index in [1.807, 2.05) is 38.2 Å². The molecule has 0 spiro atoms. The van der Waals surface area contributed by atoms with E-state index in [9.17, 15) is 9.59 Å². The molecule has 1 aromatic rings. The van der Waals surface area contributed by atoms with Gasteiger partial charge in [-0.2, -0.15) is 0 Å². The topological polar surface area (TPSA) is 71.8 Å². The number of piperidine rings is 1. The van der Waals surface area contributed by atoms with Crippen molar-refractivity contribution >= 4 is 24.0 Å². The molecule has 1 aromatic heterocycles. The summed E-state index contributed by atoms with van der Waals surface area (Å²) in [6.45, 7) is 10.1. The summed E-state index contributed by atoms with van der Waals surface area (Å²) in [5.74, 6) is 3.30. The Hall–Kier alpha value is -2.34. The molecule has 0 aromatic carbocycles. The standard InChI is InChI=1S/C14H19NO2.C11H17NO2/c1-4-7-9-12-11(8-5-2)10-13(17-12)14(16)15-6-3;13-11(8-1-3-14-4-2-8)12-6-9-5-10(9)7-12/h5,7-10H,4,6H2,1-3H3,(H,15,16);8-10H,1-7H2/b8-5-,9-7+;. The van der Waals surface area contributed by atoms with Gasteiger partial charge in [-0.1, -0.05) is 25.2 Å². The van der Waals surface area contributed by atoms with Crippen LogP contribution >= 0.6 is 0 Å². The molecule has 2 atom stereocenters. The van der Waals surface area contributed by atoms with Crippen molar-refractivity contribution < 1.29 is 18.7 Å². The highest BCUT2D eigenvalue weighted by molar-refractivity contribution is 5.92. The number of fused-ring (bicyclic) bond motifs is 1. The number of furan rings is 1. The fraction of sp³-hybridized carbons (Fsp3) is 0.600. The molecule has 2 aliphatic heterocycles. The summed E-state index contributed by atoms with van der Waals surface area (Å²) >= 11 is 0. The molecule has 0 bridgehead atoms. The number of carbonyl (C=O) groups excluding carboxylic acids is 2. The minimum Gasteiger partial charge on any atom is -0.451 e. The van der Waals surface area contributed by atoms with Gasteiger partial charge in [0.1, 0.15) is 5.76 Å². The second kappa shape index (κ2) is 11.3. The molecule has 2 unspecified atom stereocenters. The number of ether oxygens (including phenoxy) is 1. The fourth-order valence-electron chi connectivity index (χ4n) is 4.22. The third kappa shape index (κ3) is 6.33. The third-order valence-electron chi connectivity index (χ3n) is 6.06. The molecule has 31 heavy (non-hydrogen) atoms. The molecule has 1 saturated carbocycles. The molecular weight excluding hydrogens is 392 g/mol. The molecule has 3 aliphatic rings. The average molecular weight is 429 g/mol. The van der Waals surface area contributed by atoms with Crippen LogP contribution in [-0.4, -0.2) is 49.6 Å². The van der Waals surface area contributed by atoms with Crippen LogP contribution in [0.4, 0.5) is 0 Å². The van der Waals surface area contributed by atoms with Gasteiger partial charge in [-0.15, -0.1) is 0 Å². The lowest BCUT2D eigenvalue weighted by molar-refractivity contribution is -0.137. The SMILES string of the molecule is C/C=C\c1cc(C(=O)NCC)oc1/C=C/CC.O=C(C1CCOCC1)N1CC2CC2C1. The van der Waals surface area contributed by atoms with Gasteiger partial charge in [-0.25, -0.2) is 0 Å². The predicted molar refractivity (Wildman–Crippen MR) is 122 cm³/mol. The summed E-state index contributed by atoms with van der Waals surface area (Å²) in [4.78, 5) is 25.8. The molecule has 3 heterocycles. The smallest absolute Gasteiger partial charge is 0.287 e. The third-order valence-corrected chi connectivity index (χ3v) is 6.06. The van der Waals surface area contributed by atoms with E-state index in [-0.39, 0.29) is 11.8 Å². The highest BCUT2D eigenvalue weighted by Gasteiger charge is 2.47. The highest BCUT2D eigenvalue weighted by Crippen LogP contribution is 2.45. The van der Waals surface area contributed by atoms with Crippen LogP contribution in [0, 0.1) is 17.8 Å². The van der Waals surface area contributed by atoms with E-state index in [1.54, 1.807) is 6.07 Å². The Morgan fingerprint density at radius 1 is 1.16 bits per heavy atom. The maximum atomic E-state index is 12.0. The second-order valence-electron chi connectivity index (χ2n) is 8.49. The number of nitrogens with one attached hydrogen (secondary N) is 1. The summed E-state index contributed by atoms with van der Waals surface area (Å²) in [5, 5.41) is 2.72. The first-order valence-electron chi connectivity index (χ1n) is 11.6. The van der Waals surface area contributed by atoms with Gasteiger partial charge in [0.2, 0.25) is 5.91 Å². The van der Waals surface area contributed by atoms with Crippen molar-refractivity contribution in [3.8, 4) is 0 Å². The zero-order valence-electron chi connectivity index (χ0n) is 19.1. The van der Waals surface area contributed by atoms with E-state index in [1.165, 1.54) is 6.42 Å². The Kier molecular flexibility index (Phi) is 8.52. The molecule has 1 N–H and O–H groups in total. The Morgan fingerprint density at radius 2 is 1.87 bits per heavy atom. The molecule has 1 aliphatic carbocycles. The Balaban J connectivity index is 0.000000178. The molecule has 4 rings (SSSR count). The van der Waals surface area contributed by atoms with Crippen LogP contribution in [0.3, 0.4) is 0 Å². The number of nitrogens with zero attached hydrogens (tertiary/aromatic N) is 1. The van der Waals surface area contributed by atoms with Gasteiger partial charge >= 0.3 is 0 Å². The van der Waals surface area contributed by atoms with Crippen molar-refractivity contribution in [2.45, 2.75) is 46.5 Å². The molecule has 2 saturated heterocycles. The van der Waals surface area contributed by atoms with Gasteiger partial charge in [-0.05, 0) is 63.5 Å². The Bertz CT molecular complexity index is 790. The monoisotopic (exact) mass is 428 g/mol. The maximum Gasteiger partial charge on any atom is 0.287 e. The molecule has 2 amide bonds. The van der Waals surface area contributed by atoms with Gasteiger partial charge in [0, 0.05) is 44.3 Å². The normalized spacial score (nSPS) is 23.0. The molecular formula is C25H36N2O4. The van der Waals surface area contributed by atoms with Gasteiger partial charge in [-0.3, -0.25) is 9.59 Å². The van der Waals surface area contributed by atoms with Crippen LogP contribution in [0.5, 0.6) is 0 Å². The van der Waals surface area contributed by atoms with Crippen molar-refractivity contribution in [2.24, 2.45) is 17.8 Å². The minimum absolute atomic E-state index is 0.172. The first kappa shape index (κ1) is 23.3. The van der Waals surface area contributed by atoms with E-state index in [2.05, 4.69) is 17.1 Å². The largest absolute Gasteiger partial charge is 0.451 e. The number of hydrogen-bond donors (Lipinski definition) is 1. The van der Waals surface area contributed by atoms with Crippen LogP contribution in [0.2, 0.25) is 0 Å². The lowest BCUT2D eigenvalue weighted by atomic mass is 9.99. The van der Waals surface area contributed by atoms with Crippen molar-refractivity contribution in [1.82, 2.24) is 10.2 Å². The van der Waals surface area contributed by atoms with Crippen LogP contribution in [-0.2, 0) is 9.53 Å². The lowest BCUT2D eigenvalue weighted by Gasteiger charge is -2.27. The molecule has 0 radical (unpaired) electrons. The van der Waals surface area contributed by atoms with Crippen LogP contribution in [0.15, 0.2) is 22.6 Å². The van der Waals surface area contributed by atoms with Gasteiger partial charge in [0.15, 0.2) is 5.76 Å². The Labute approximate surface area is 185 Å². The summed E-state index contributed by atoms with van der Waals surface area (Å²) in [6, 6.07) is 1.76. The molecule has 6 nitrogen and oxygen atoms in total. The van der Waals surface area contributed by atoms with Gasteiger partial charge in [0.25, 0.3) is 5.91 Å². The highest BCUT2D eigenvalue weighted by atomic mass is 16.5. The number of amides is 2. The van der Waals surface area contributed by atoms with Crippen LogP contribution in [0.25, 0.3) is 12.2 Å². The van der Waals surface area contributed by atoms with E-state index in [0.29, 0.717) is 18.2 Å². The summed E-state index contributed by atoms with van der Waals surface area (Å²) in [7, 11) is 0. The number of hydrogen-bond acceptors (Lipinski definition) is 4. The van der Waals surface area contributed by atoms with Crippen LogP contribution in [0.1, 0.15) is 68.3 Å². The van der Waals surface area contributed by atoms with E-state index in [4.69, 9.17) is 9.15 Å². The van der Waals surface area contributed by atoms with Crippen molar-refractivity contribution in [3.05, 3.63) is 35.3 Å². The van der Waals surface area contributed by atoms with E-state index in [0.717, 1.165) is 68.7 Å². The summed E-state index contributed by atoms with van der Waals surface area (Å²) in [6.07, 6.45) is 11.9. The molecule has 3 fully saturated rings. The first-order valence-corrected chi connectivity index (χ1v) is 11.6. The zero-order chi connectivity index (χ0) is 22.2. The van der Waals surface area contributed by atoms with Gasteiger partial charge < -0.3 is 19.4 Å². The van der Waals surface area contributed by atoms with Crippen molar-refractivity contribution in [2.75, 3.05) is 32.8 Å². The quantitative estimate of drug-likeness (QED) is 0.730. The van der Waals surface area contributed by atoms with Crippen molar-refractivity contribution in [3.63, 3.8) is 0 Å². The maximum absolute atomic E-state index is 12.0. The zero-order valence-corrected chi connectivity index (χ0v) is 19.1. The van der Waals surface area contributed by atoms with Crippen molar-refractivity contribution in [1.29, 1.82) is 0 Å². The fourth-order valence-corrected chi connectivity index (χ4v) is 4.22. The molecule has 6 heteroatoms. The minimum atomic E-state index is -0.172. The lowest BCUT2D eigenvalue weighted by Crippen LogP contribution is -2.38. The predicted octanol–water partition coefficient (Wildman–Crippen LogP) is 4.38. The summed E-state index contributed by atoms with van der Waals surface area (Å²) < 4.78 is 10.8. The Morgan fingerprint density at radius 3 is 2.48 bits per heavy atom. The van der Waals surface area contributed by atoms with Crippen LogP contribution < -0.4 is 5.32 Å². The van der Waals surface area contributed by atoms with E-state index >= 15 is 0 Å². The average Bonchev–Trinajstić information content (AvgIpc) is 3.20. The summed E-state index contributed by atoms with van der Waals surface area (Å²) in [5.41, 5.74) is 0.929. The van der Waals surface area contributed by atoms with E-state index < -0.39 is 0 Å². The molecule has 170 valence electrons.